The second-order valence-corrected chi connectivity index (χ2v) is 7.92. The van der Waals surface area contributed by atoms with Gasteiger partial charge >= 0.3 is 0 Å². The molecule has 2 aliphatic carbocycles. The Labute approximate surface area is 158 Å². The van der Waals surface area contributed by atoms with E-state index in [4.69, 9.17) is 27.3 Å². The Balaban J connectivity index is 1.90. The van der Waals surface area contributed by atoms with Gasteiger partial charge in [-0.05, 0) is 85.8 Å². The lowest BCUT2D eigenvalue weighted by atomic mass is 9.85. The molecule has 0 bridgehead atoms. The quantitative estimate of drug-likeness (QED) is 0.639. The van der Waals surface area contributed by atoms with E-state index >= 15 is 0 Å². The van der Waals surface area contributed by atoms with Gasteiger partial charge in [-0.2, -0.15) is 0 Å². The van der Waals surface area contributed by atoms with Crippen LogP contribution in [0.4, 0.5) is 5.69 Å². The molecule has 26 heavy (non-hydrogen) atoms. The fourth-order valence-corrected chi connectivity index (χ4v) is 4.80. The topological polar surface area (TPSA) is 51.8 Å². The molecule has 132 valence electrons. The van der Waals surface area contributed by atoms with E-state index in [2.05, 4.69) is 6.07 Å². The van der Waals surface area contributed by atoms with E-state index < -0.39 is 0 Å². The number of benzene rings is 1. The molecule has 2 aromatic heterocycles. The predicted octanol–water partition coefficient (Wildman–Crippen LogP) is 5.29. The van der Waals surface area contributed by atoms with Crippen LogP contribution in [0, 0.1) is 0 Å². The SMILES string of the molecule is Nc1c2c(nc3nc4c(c(-c5cccc(Cl)c5)c13)CCCC4)CCCC2. The monoisotopic (exact) mass is 363 g/mol. The lowest BCUT2D eigenvalue weighted by Gasteiger charge is -2.24. The molecule has 0 spiro atoms. The number of aromatic nitrogens is 2. The number of halogens is 1. The van der Waals surface area contributed by atoms with Gasteiger partial charge in [-0.3, -0.25) is 0 Å². The summed E-state index contributed by atoms with van der Waals surface area (Å²) in [6.07, 6.45) is 8.89. The van der Waals surface area contributed by atoms with Crippen LogP contribution in [0.2, 0.25) is 5.02 Å². The molecular formula is C22H22ClN3. The fraction of sp³-hybridized carbons (Fsp3) is 0.364. The van der Waals surface area contributed by atoms with Gasteiger partial charge < -0.3 is 5.73 Å². The number of rotatable bonds is 1. The number of nitrogen functional groups attached to an aromatic ring is 1. The van der Waals surface area contributed by atoms with Crippen LogP contribution in [-0.4, -0.2) is 9.97 Å². The summed E-state index contributed by atoms with van der Waals surface area (Å²) in [6.45, 7) is 0. The van der Waals surface area contributed by atoms with Crippen LogP contribution in [0.5, 0.6) is 0 Å². The Morgan fingerprint density at radius 2 is 1.50 bits per heavy atom. The maximum atomic E-state index is 6.74. The highest BCUT2D eigenvalue weighted by Gasteiger charge is 2.25. The van der Waals surface area contributed by atoms with Gasteiger partial charge in [0, 0.05) is 22.1 Å². The van der Waals surface area contributed by atoms with Gasteiger partial charge in [-0.1, -0.05) is 23.7 Å². The van der Waals surface area contributed by atoms with Crippen molar-refractivity contribution < 1.29 is 0 Å². The van der Waals surface area contributed by atoms with Crippen molar-refractivity contribution in [3.8, 4) is 11.1 Å². The van der Waals surface area contributed by atoms with Gasteiger partial charge in [0.05, 0.1) is 5.39 Å². The van der Waals surface area contributed by atoms with Gasteiger partial charge in [0.2, 0.25) is 0 Å². The summed E-state index contributed by atoms with van der Waals surface area (Å²) in [5, 5.41) is 1.79. The van der Waals surface area contributed by atoms with Crippen LogP contribution in [-0.2, 0) is 25.7 Å². The Morgan fingerprint density at radius 1 is 0.846 bits per heavy atom. The fourth-order valence-electron chi connectivity index (χ4n) is 4.61. The minimum absolute atomic E-state index is 0.751. The highest BCUT2D eigenvalue weighted by molar-refractivity contribution is 6.31. The summed E-state index contributed by atoms with van der Waals surface area (Å²) >= 11 is 6.32. The number of hydrogen-bond acceptors (Lipinski definition) is 3. The summed E-state index contributed by atoms with van der Waals surface area (Å²) < 4.78 is 0. The minimum Gasteiger partial charge on any atom is -0.398 e. The average Bonchev–Trinajstić information content (AvgIpc) is 2.66. The molecule has 0 radical (unpaired) electrons. The van der Waals surface area contributed by atoms with E-state index in [1.807, 2.05) is 18.2 Å². The lowest BCUT2D eigenvalue weighted by Crippen LogP contribution is -2.14. The Bertz CT molecular complexity index is 1020. The van der Waals surface area contributed by atoms with Gasteiger partial charge in [0.25, 0.3) is 0 Å². The van der Waals surface area contributed by atoms with Crippen LogP contribution in [0.3, 0.4) is 0 Å². The second kappa shape index (κ2) is 6.24. The van der Waals surface area contributed by atoms with Crippen LogP contribution < -0.4 is 5.73 Å². The molecule has 4 heteroatoms. The molecule has 0 saturated carbocycles. The molecule has 0 unspecified atom stereocenters. The molecule has 2 heterocycles. The van der Waals surface area contributed by atoms with E-state index in [0.29, 0.717) is 0 Å². The maximum Gasteiger partial charge on any atom is 0.162 e. The molecule has 5 rings (SSSR count). The van der Waals surface area contributed by atoms with Gasteiger partial charge in [-0.25, -0.2) is 9.97 Å². The number of anilines is 1. The first-order valence-electron chi connectivity index (χ1n) is 9.61. The summed E-state index contributed by atoms with van der Waals surface area (Å²) in [5.74, 6) is 0. The summed E-state index contributed by atoms with van der Waals surface area (Å²) in [4.78, 5) is 9.94. The first-order valence-corrected chi connectivity index (χ1v) is 9.99. The van der Waals surface area contributed by atoms with Crippen molar-refractivity contribution in [2.75, 3.05) is 5.73 Å². The van der Waals surface area contributed by atoms with Crippen LogP contribution in [0.15, 0.2) is 24.3 Å². The highest BCUT2D eigenvalue weighted by atomic mass is 35.5. The smallest absolute Gasteiger partial charge is 0.162 e. The zero-order valence-electron chi connectivity index (χ0n) is 14.8. The van der Waals surface area contributed by atoms with Crippen molar-refractivity contribution >= 4 is 28.3 Å². The van der Waals surface area contributed by atoms with Gasteiger partial charge in [0.15, 0.2) is 5.65 Å². The zero-order valence-corrected chi connectivity index (χ0v) is 15.6. The van der Waals surface area contributed by atoms with E-state index in [9.17, 15) is 0 Å². The lowest BCUT2D eigenvalue weighted by molar-refractivity contribution is 0.665. The number of fused-ring (bicyclic) bond motifs is 3. The van der Waals surface area contributed by atoms with Crippen LogP contribution >= 0.6 is 11.6 Å². The normalized spacial score (nSPS) is 16.3. The third-order valence-electron chi connectivity index (χ3n) is 5.84. The molecule has 2 N–H and O–H groups in total. The highest BCUT2D eigenvalue weighted by Crippen LogP contribution is 2.41. The van der Waals surface area contributed by atoms with E-state index in [1.165, 1.54) is 48.1 Å². The summed E-state index contributed by atoms with van der Waals surface area (Å²) in [6, 6.07) is 8.12. The zero-order chi connectivity index (χ0) is 17.7. The molecule has 0 saturated heterocycles. The average molecular weight is 364 g/mol. The Hall–Kier alpha value is -2.13. The third-order valence-corrected chi connectivity index (χ3v) is 6.08. The van der Waals surface area contributed by atoms with Crippen molar-refractivity contribution in [2.24, 2.45) is 0 Å². The maximum absolute atomic E-state index is 6.74. The van der Waals surface area contributed by atoms with Gasteiger partial charge in [-0.15, -0.1) is 0 Å². The summed E-state index contributed by atoms with van der Waals surface area (Å²) in [5.41, 5.74) is 15.7. The Morgan fingerprint density at radius 3 is 2.23 bits per heavy atom. The predicted molar refractivity (Wildman–Crippen MR) is 108 cm³/mol. The van der Waals surface area contributed by atoms with E-state index in [0.717, 1.165) is 58.7 Å². The van der Waals surface area contributed by atoms with Crippen molar-refractivity contribution in [3.05, 3.63) is 51.8 Å². The molecule has 0 aliphatic heterocycles. The van der Waals surface area contributed by atoms with Crippen molar-refractivity contribution in [1.82, 2.24) is 9.97 Å². The third kappa shape index (κ3) is 2.49. The molecule has 0 fully saturated rings. The molecule has 1 aromatic carbocycles. The number of aryl methyl sites for hydroxylation is 2. The van der Waals surface area contributed by atoms with Crippen LogP contribution in [0.1, 0.15) is 48.2 Å². The molecular weight excluding hydrogens is 342 g/mol. The molecule has 2 aliphatic rings. The number of pyridine rings is 2. The minimum atomic E-state index is 0.751. The van der Waals surface area contributed by atoms with Crippen molar-refractivity contribution in [1.29, 1.82) is 0 Å². The van der Waals surface area contributed by atoms with Crippen molar-refractivity contribution in [3.63, 3.8) is 0 Å². The van der Waals surface area contributed by atoms with Crippen molar-refractivity contribution in [2.45, 2.75) is 51.4 Å². The first-order chi connectivity index (χ1) is 12.7. The number of nitrogens with two attached hydrogens (primary N) is 1. The largest absolute Gasteiger partial charge is 0.398 e. The molecule has 0 amide bonds. The summed E-state index contributed by atoms with van der Waals surface area (Å²) in [7, 11) is 0. The molecule has 0 atom stereocenters. The number of hydrogen-bond donors (Lipinski definition) is 1. The first kappa shape index (κ1) is 16.1. The number of nitrogens with zero attached hydrogens (tertiary/aromatic N) is 2. The van der Waals surface area contributed by atoms with Gasteiger partial charge in [0.1, 0.15) is 0 Å². The van der Waals surface area contributed by atoms with E-state index in [-0.39, 0.29) is 0 Å². The second-order valence-electron chi connectivity index (χ2n) is 7.49. The van der Waals surface area contributed by atoms with Crippen LogP contribution in [0.25, 0.3) is 22.2 Å². The molecule has 3 aromatic rings. The standard InChI is InChI=1S/C22H22ClN3/c23-14-7-5-6-13(12-14)19-15-8-1-3-10-17(15)25-22-20(19)21(24)16-9-2-4-11-18(16)26-22/h5-7,12H,1-4,8-11H2,(H2,24,25,26). The Kier molecular flexibility index (Phi) is 3.86. The van der Waals surface area contributed by atoms with E-state index in [1.54, 1.807) is 0 Å². The molecule has 3 nitrogen and oxygen atoms in total.